The maximum atomic E-state index is 6.38. The molecule has 2 rings (SSSR count). The van der Waals surface area contributed by atoms with Crippen LogP contribution in [0.25, 0.3) is 0 Å². The smallest absolute Gasteiger partial charge is 0.163 e. The normalized spacial score (nSPS) is 10.7. The number of rotatable bonds is 9. The lowest BCUT2D eigenvalue weighted by molar-refractivity contribution is 0.284. The Kier molecular flexibility index (Phi) is 7.70. The van der Waals surface area contributed by atoms with Crippen LogP contribution >= 0.6 is 23.2 Å². The first-order valence-corrected chi connectivity index (χ1v) is 8.84. The number of halogens is 2. The van der Waals surface area contributed by atoms with Crippen LogP contribution in [0.15, 0.2) is 36.4 Å². The molecule has 0 saturated heterocycles. The van der Waals surface area contributed by atoms with Crippen molar-refractivity contribution in [1.29, 1.82) is 0 Å². The Morgan fingerprint density at radius 3 is 2.46 bits per heavy atom. The van der Waals surface area contributed by atoms with Crippen LogP contribution in [0.2, 0.25) is 10.0 Å². The van der Waals surface area contributed by atoms with Crippen molar-refractivity contribution in [3.63, 3.8) is 0 Å². The Bertz CT molecular complexity index is 645. The van der Waals surface area contributed by atoms with E-state index >= 15 is 0 Å². The van der Waals surface area contributed by atoms with Crippen LogP contribution in [0, 0.1) is 0 Å². The van der Waals surface area contributed by atoms with E-state index in [0.29, 0.717) is 34.7 Å². The minimum absolute atomic E-state index is 0.429. The summed E-state index contributed by atoms with van der Waals surface area (Å²) in [6.07, 6.45) is 2.32. The largest absolute Gasteiger partial charge is 0.493 e. The summed E-state index contributed by atoms with van der Waals surface area (Å²) in [5.74, 6) is 1.32. The molecule has 1 N–H and O–H groups in total. The molecule has 0 aliphatic heterocycles. The van der Waals surface area contributed by atoms with E-state index in [0.717, 1.165) is 24.1 Å². The summed E-state index contributed by atoms with van der Waals surface area (Å²) in [6.45, 7) is 4.29. The third kappa shape index (κ3) is 5.59. The highest BCUT2D eigenvalue weighted by molar-refractivity contribution is 6.31. The highest BCUT2D eigenvalue weighted by atomic mass is 35.5. The molecule has 130 valence electrons. The van der Waals surface area contributed by atoms with Gasteiger partial charge in [0.05, 0.1) is 7.11 Å². The summed E-state index contributed by atoms with van der Waals surface area (Å²) in [6, 6.07) is 11.3. The van der Waals surface area contributed by atoms with Gasteiger partial charge >= 0.3 is 0 Å². The average Bonchev–Trinajstić information content (AvgIpc) is 2.59. The van der Waals surface area contributed by atoms with E-state index in [2.05, 4.69) is 12.2 Å². The molecule has 0 heterocycles. The number of nitrogens with one attached hydrogen (secondary N) is 1. The van der Waals surface area contributed by atoms with E-state index in [-0.39, 0.29) is 0 Å². The maximum Gasteiger partial charge on any atom is 0.163 e. The number of hydrogen-bond donors (Lipinski definition) is 1. The van der Waals surface area contributed by atoms with Crippen molar-refractivity contribution in [2.45, 2.75) is 32.9 Å². The van der Waals surface area contributed by atoms with Crippen LogP contribution in [0.1, 0.15) is 30.9 Å². The predicted octanol–water partition coefficient (Wildman–Crippen LogP) is 5.47. The van der Waals surface area contributed by atoms with Crippen molar-refractivity contribution < 1.29 is 9.47 Å². The minimum atomic E-state index is 0.429. The highest BCUT2D eigenvalue weighted by Gasteiger charge is 2.11. The molecule has 0 saturated carbocycles. The van der Waals surface area contributed by atoms with E-state index in [4.69, 9.17) is 32.7 Å². The Morgan fingerprint density at radius 1 is 1.04 bits per heavy atom. The van der Waals surface area contributed by atoms with Crippen molar-refractivity contribution in [3.05, 3.63) is 57.6 Å². The minimum Gasteiger partial charge on any atom is -0.493 e. The van der Waals surface area contributed by atoms with Crippen molar-refractivity contribution in [2.24, 2.45) is 0 Å². The number of methoxy groups -OCH3 is 1. The molecule has 2 aromatic rings. The molecule has 24 heavy (non-hydrogen) atoms. The van der Waals surface area contributed by atoms with Crippen molar-refractivity contribution >= 4 is 23.2 Å². The van der Waals surface area contributed by atoms with E-state index in [9.17, 15) is 0 Å². The lowest BCUT2D eigenvalue weighted by atomic mass is 10.2. The summed E-state index contributed by atoms with van der Waals surface area (Å²) in [5, 5.41) is 4.76. The zero-order valence-electron chi connectivity index (χ0n) is 14.1. The van der Waals surface area contributed by atoms with Crippen LogP contribution < -0.4 is 14.8 Å². The fourth-order valence-electron chi connectivity index (χ4n) is 2.25. The Balaban J connectivity index is 2.03. The number of benzene rings is 2. The summed E-state index contributed by atoms with van der Waals surface area (Å²) >= 11 is 12.3. The molecule has 0 spiro atoms. The monoisotopic (exact) mass is 367 g/mol. The first-order valence-electron chi connectivity index (χ1n) is 8.08. The van der Waals surface area contributed by atoms with Gasteiger partial charge in [0.15, 0.2) is 11.5 Å². The van der Waals surface area contributed by atoms with Gasteiger partial charge in [-0.25, -0.2) is 0 Å². The molecule has 0 bridgehead atoms. The molecule has 5 heteroatoms. The molecule has 3 nitrogen and oxygen atoms in total. The number of ether oxygens (including phenoxy) is 2. The Morgan fingerprint density at radius 2 is 1.79 bits per heavy atom. The Hall–Kier alpha value is -1.42. The van der Waals surface area contributed by atoms with Gasteiger partial charge < -0.3 is 14.8 Å². The summed E-state index contributed by atoms with van der Waals surface area (Å²) < 4.78 is 11.3. The standard InChI is InChI=1S/C19H23Cl2NO2/c1-3-4-9-22-12-15-10-18(23-2)19(11-17(15)21)24-13-14-5-7-16(20)8-6-14/h5-8,10-11,22H,3-4,9,12-13H2,1-2H3. The highest BCUT2D eigenvalue weighted by Crippen LogP contribution is 2.34. The molecule has 2 aromatic carbocycles. The van der Waals surface area contributed by atoms with Gasteiger partial charge in [0, 0.05) is 22.7 Å². The SMILES string of the molecule is CCCCNCc1cc(OC)c(OCc2ccc(Cl)cc2)cc1Cl. The molecular formula is C19H23Cl2NO2. The summed E-state index contributed by atoms with van der Waals surface area (Å²) in [4.78, 5) is 0. The summed E-state index contributed by atoms with van der Waals surface area (Å²) in [7, 11) is 1.63. The lowest BCUT2D eigenvalue weighted by Gasteiger charge is -2.14. The van der Waals surface area contributed by atoms with Crippen LogP contribution in [0.3, 0.4) is 0 Å². The van der Waals surface area contributed by atoms with Crippen molar-refractivity contribution in [1.82, 2.24) is 5.32 Å². The third-order valence-corrected chi connectivity index (χ3v) is 4.27. The molecule has 0 aromatic heterocycles. The lowest BCUT2D eigenvalue weighted by Crippen LogP contribution is -2.14. The van der Waals surface area contributed by atoms with E-state index in [1.54, 1.807) is 7.11 Å². The van der Waals surface area contributed by atoms with E-state index in [1.165, 1.54) is 6.42 Å². The molecule has 0 amide bonds. The quantitative estimate of drug-likeness (QED) is 0.596. The average molecular weight is 368 g/mol. The molecular weight excluding hydrogens is 345 g/mol. The molecule has 0 radical (unpaired) electrons. The van der Waals surface area contributed by atoms with Gasteiger partial charge in [0.1, 0.15) is 6.61 Å². The second-order valence-corrected chi connectivity index (χ2v) is 6.38. The zero-order valence-corrected chi connectivity index (χ0v) is 15.6. The van der Waals surface area contributed by atoms with Gasteiger partial charge in [0.2, 0.25) is 0 Å². The van der Waals surface area contributed by atoms with E-state index < -0.39 is 0 Å². The fraction of sp³-hybridized carbons (Fsp3) is 0.368. The molecule has 0 aliphatic carbocycles. The van der Waals surface area contributed by atoms with Gasteiger partial charge in [-0.3, -0.25) is 0 Å². The Labute approximate surface area is 153 Å². The van der Waals surface area contributed by atoms with Crippen LogP contribution in [-0.2, 0) is 13.2 Å². The second kappa shape index (κ2) is 9.77. The maximum absolute atomic E-state index is 6.38. The van der Waals surface area contributed by atoms with E-state index in [1.807, 2.05) is 36.4 Å². The first-order chi connectivity index (χ1) is 11.6. The first kappa shape index (κ1) is 18.9. The van der Waals surface area contributed by atoms with Gasteiger partial charge in [0.25, 0.3) is 0 Å². The topological polar surface area (TPSA) is 30.5 Å². The number of unbranched alkanes of at least 4 members (excludes halogenated alkanes) is 1. The molecule has 0 fully saturated rings. The van der Waals surface area contributed by atoms with Crippen LogP contribution in [-0.4, -0.2) is 13.7 Å². The fourth-order valence-corrected chi connectivity index (χ4v) is 2.60. The summed E-state index contributed by atoms with van der Waals surface area (Å²) in [5.41, 5.74) is 2.03. The third-order valence-electron chi connectivity index (χ3n) is 3.66. The van der Waals surface area contributed by atoms with Gasteiger partial charge in [-0.1, -0.05) is 48.7 Å². The van der Waals surface area contributed by atoms with Gasteiger partial charge in [-0.2, -0.15) is 0 Å². The van der Waals surface area contributed by atoms with Crippen molar-refractivity contribution in [3.8, 4) is 11.5 Å². The zero-order chi connectivity index (χ0) is 17.4. The second-order valence-electron chi connectivity index (χ2n) is 5.54. The number of hydrogen-bond acceptors (Lipinski definition) is 3. The molecule has 0 unspecified atom stereocenters. The molecule has 0 aliphatic rings. The predicted molar refractivity (Wildman–Crippen MR) is 100 cm³/mol. The van der Waals surface area contributed by atoms with Crippen LogP contribution in [0.5, 0.6) is 11.5 Å². The molecule has 0 atom stereocenters. The van der Waals surface area contributed by atoms with Gasteiger partial charge in [-0.15, -0.1) is 0 Å². The van der Waals surface area contributed by atoms with Crippen LogP contribution in [0.4, 0.5) is 0 Å². The van der Waals surface area contributed by atoms with Gasteiger partial charge in [-0.05, 0) is 42.3 Å². The van der Waals surface area contributed by atoms with Crippen molar-refractivity contribution in [2.75, 3.05) is 13.7 Å².